The van der Waals surface area contributed by atoms with Crippen molar-refractivity contribution in [3.63, 3.8) is 0 Å². The van der Waals surface area contributed by atoms with E-state index < -0.39 is 0 Å². The van der Waals surface area contributed by atoms with Crippen LogP contribution in [-0.4, -0.2) is 42.3 Å². The molecular formula is C11H20N2O2. The Morgan fingerprint density at radius 3 is 3.07 bits per heavy atom. The lowest BCUT2D eigenvalue weighted by molar-refractivity contribution is -0.133. The van der Waals surface area contributed by atoms with E-state index in [1.807, 2.05) is 4.90 Å². The fourth-order valence-corrected chi connectivity index (χ4v) is 2.59. The zero-order valence-corrected chi connectivity index (χ0v) is 9.53. The summed E-state index contributed by atoms with van der Waals surface area (Å²) in [7, 11) is 0. The van der Waals surface area contributed by atoms with Gasteiger partial charge in [0.05, 0.1) is 18.8 Å². The number of hydrogen-bond acceptors (Lipinski definition) is 3. The summed E-state index contributed by atoms with van der Waals surface area (Å²) in [6, 6.07) is 0.376. The molecule has 0 aromatic carbocycles. The minimum atomic E-state index is 0.243. The highest BCUT2D eigenvalue weighted by Gasteiger charge is 2.36. The summed E-state index contributed by atoms with van der Waals surface area (Å²) in [5.74, 6) is 0.251. The van der Waals surface area contributed by atoms with Crippen molar-refractivity contribution in [3.05, 3.63) is 0 Å². The van der Waals surface area contributed by atoms with Gasteiger partial charge in [-0.3, -0.25) is 10.1 Å². The third-order valence-electron chi connectivity index (χ3n) is 3.35. The summed E-state index contributed by atoms with van der Waals surface area (Å²) in [5.41, 5.74) is 0. The normalized spacial score (nSPS) is 37.3. The molecule has 1 amide bonds. The van der Waals surface area contributed by atoms with Crippen LogP contribution in [0.1, 0.15) is 33.1 Å². The monoisotopic (exact) mass is 212 g/mol. The van der Waals surface area contributed by atoms with Gasteiger partial charge in [-0.25, -0.2) is 0 Å². The first-order valence-electron chi connectivity index (χ1n) is 5.88. The first-order valence-corrected chi connectivity index (χ1v) is 5.88. The minimum Gasteiger partial charge on any atom is -0.378 e. The summed E-state index contributed by atoms with van der Waals surface area (Å²) in [4.78, 5) is 13.8. The number of nitrogens with zero attached hydrogens (tertiary/aromatic N) is 1. The van der Waals surface area contributed by atoms with Crippen molar-refractivity contribution >= 4 is 5.91 Å². The number of ether oxygens (including phenoxy) is 1. The largest absolute Gasteiger partial charge is 0.378 e. The molecule has 0 aromatic rings. The first-order chi connectivity index (χ1) is 7.22. The Labute approximate surface area is 91.0 Å². The van der Waals surface area contributed by atoms with Gasteiger partial charge in [0, 0.05) is 12.6 Å². The van der Waals surface area contributed by atoms with E-state index in [2.05, 4.69) is 19.2 Å². The van der Waals surface area contributed by atoms with Crippen molar-refractivity contribution in [3.8, 4) is 0 Å². The average molecular weight is 212 g/mol. The van der Waals surface area contributed by atoms with Crippen molar-refractivity contribution in [1.82, 2.24) is 10.2 Å². The lowest BCUT2D eigenvalue weighted by atomic mass is 10.0. The fraction of sp³-hybridized carbons (Fsp3) is 0.909. The molecule has 0 saturated carbocycles. The maximum atomic E-state index is 11.8. The van der Waals surface area contributed by atoms with Gasteiger partial charge in [0.2, 0.25) is 5.91 Å². The van der Waals surface area contributed by atoms with Gasteiger partial charge in [0.25, 0.3) is 0 Å². The molecule has 3 atom stereocenters. The Hall–Kier alpha value is -0.610. The van der Waals surface area contributed by atoms with E-state index in [4.69, 9.17) is 4.74 Å². The van der Waals surface area contributed by atoms with Gasteiger partial charge in [0.1, 0.15) is 0 Å². The second-order valence-electron chi connectivity index (χ2n) is 4.47. The topological polar surface area (TPSA) is 41.6 Å². The van der Waals surface area contributed by atoms with Gasteiger partial charge in [-0.15, -0.1) is 0 Å². The van der Waals surface area contributed by atoms with E-state index in [1.165, 1.54) is 0 Å². The zero-order chi connectivity index (χ0) is 10.8. The first kappa shape index (κ1) is 10.9. The smallest absolute Gasteiger partial charge is 0.238 e. The highest BCUT2D eigenvalue weighted by atomic mass is 16.5. The van der Waals surface area contributed by atoms with E-state index in [-0.39, 0.29) is 18.2 Å². The number of carbonyl (C=O) groups is 1. The predicted octanol–water partition coefficient (Wildman–Crippen LogP) is 0.722. The molecule has 0 bridgehead atoms. The molecule has 2 heterocycles. The van der Waals surface area contributed by atoms with Gasteiger partial charge in [-0.2, -0.15) is 0 Å². The third-order valence-corrected chi connectivity index (χ3v) is 3.35. The van der Waals surface area contributed by atoms with E-state index in [9.17, 15) is 4.79 Å². The highest BCUT2D eigenvalue weighted by molar-refractivity contribution is 5.81. The highest BCUT2D eigenvalue weighted by Crippen LogP contribution is 2.23. The maximum absolute atomic E-state index is 11.8. The average Bonchev–Trinajstić information content (AvgIpc) is 2.59. The molecule has 4 heteroatoms. The minimum absolute atomic E-state index is 0.243. The molecule has 2 saturated heterocycles. The molecule has 1 N–H and O–H groups in total. The molecule has 3 unspecified atom stereocenters. The van der Waals surface area contributed by atoms with E-state index in [0.717, 1.165) is 25.9 Å². The van der Waals surface area contributed by atoms with Gasteiger partial charge < -0.3 is 9.64 Å². The number of amides is 1. The molecule has 0 aromatic heterocycles. The molecule has 0 radical (unpaired) electrons. The number of nitrogens with one attached hydrogen (secondary N) is 1. The van der Waals surface area contributed by atoms with Crippen molar-refractivity contribution < 1.29 is 9.53 Å². The van der Waals surface area contributed by atoms with Crippen LogP contribution in [0.5, 0.6) is 0 Å². The molecule has 0 aliphatic carbocycles. The number of rotatable bonds is 2. The third kappa shape index (κ3) is 2.16. The van der Waals surface area contributed by atoms with Gasteiger partial charge in [-0.05, 0) is 26.2 Å². The second kappa shape index (κ2) is 4.49. The summed E-state index contributed by atoms with van der Waals surface area (Å²) >= 11 is 0. The summed E-state index contributed by atoms with van der Waals surface area (Å²) in [6.45, 7) is 5.49. The van der Waals surface area contributed by atoms with Gasteiger partial charge in [-0.1, -0.05) is 6.92 Å². The predicted molar refractivity (Wildman–Crippen MR) is 57.4 cm³/mol. The number of carbonyl (C=O) groups excluding carboxylic acids is 1. The standard InChI is InChI=1S/C11H20N2O2/c1-3-10-12-7-11(14)13(10)9-4-5-15-8(2)6-9/h8-10,12H,3-7H2,1-2H3. The maximum Gasteiger partial charge on any atom is 0.238 e. The van der Waals surface area contributed by atoms with Gasteiger partial charge in [0.15, 0.2) is 0 Å². The molecule has 4 nitrogen and oxygen atoms in total. The Kier molecular flexibility index (Phi) is 3.26. The van der Waals surface area contributed by atoms with Crippen molar-refractivity contribution in [1.29, 1.82) is 0 Å². The van der Waals surface area contributed by atoms with Crippen LogP contribution >= 0.6 is 0 Å². The summed E-state index contributed by atoms with van der Waals surface area (Å²) < 4.78 is 5.51. The van der Waals surface area contributed by atoms with E-state index in [0.29, 0.717) is 12.6 Å². The lowest BCUT2D eigenvalue weighted by Gasteiger charge is -2.37. The molecule has 2 fully saturated rings. The van der Waals surface area contributed by atoms with Crippen LogP contribution in [0.4, 0.5) is 0 Å². The Morgan fingerprint density at radius 1 is 1.60 bits per heavy atom. The van der Waals surface area contributed by atoms with Crippen LogP contribution < -0.4 is 5.32 Å². The van der Waals surface area contributed by atoms with Crippen molar-refractivity contribution in [2.24, 2.45) is 0 Å². The van der Waals surface area contributed by atoms with Crippen LogP contribution in [0.15, 0.2) is 0 Å². The Bertz CT molecular complexity index is 245. The Morgan fingerprint density at radius 2 is 2.40 bits per heavy atom. The molecule has 2 rings (SSSR count). The lowest BCUT2D eigenvalue weighted by Crippen LogP contribution is -2.48. The Balaban J connectivity index is 2.03. The molecule has 2 aliphatic rings. The van der Waals surface area contributed by atoms with E-state index in [1.54, 1.807) is 0 Å². The van der Waals surface area contributed by atoms with Crippen molar-refractivity contribution in [2.45, 2.75) is 51.4 Å². The fourth-order valence-electron chi connectivity index (χ4n) is 2.59. The number of hydrogen-bond donors (Lipinski definition) is 1. The zero-order valence-electron chi connectivity index (χ0n) is 9.53. The second-order valence-corrected chi connectivity index (χ2v) is 4.47. The summed E-state index contributed by atoms with van der Waals surface area (Å²) in [5, 5.41) is 3.25. The van der Waals surface area contributed by atoms with Crippen LogP contribution in [0.25, 0.3) is 0 Å². The van der Waals surface area contributed by atoms with Crippen LogP contribution in [0.3, 0.4) is 0 Å². The SMILES string of the molecule is CCC1NCC(=O)N1C1CCOC(C)C1. The summed E-state index contributed by atoms with van der Waals surface area (Å²) in [6.07, 6.45) is 3.47. The van der Waals surface area contributed by atoms with Gasteiger partial charge >= 0.3 is 0 Å². The van der Waals surface area contributed by atoms with Crippen LogP contribution in [-0.2, 0) is 9.53 Å². The molecule has 86 valence electrons. The van der Waals surface area contributed by atoms with Crippen LogP contribution in [0.2, 0.25) is 0 Å². The van der Waals surface area contributed by atoms with Crippen molar-refractivity contribution in [2.75, 3.05) is 13.2 Å². The quantitative estimate of drug-likeness (QED) is 0.733. The van der Waals surface area contributed by atoms with E-state index >= 15 is 0 Å². The molecule has 0 spiro atoms. The molecule has 2 aliphatic heterocycles. The molecular weight excluding hydrogens is 192 g/mol. The van der Waals surface area contributed by atoms with Crippen LogP contribution in [0, 0.1) is 0 Å². The molecule has 15 heavy (non-hydrogen) atoms.